The predicted molar refractivity (Wildman–Crippen MR) is 78.5 cm³/mol. The fourth-order valence-corrected chi connectivity index (χ4v) is 2.06. The SMILES string of the molecule is COc1ccc(C(=O)O)cc1CN(C)c1ccccc1. The van der Waals surface area contributed by atoms with Gasteiger partial charge in [-0.05, 0) is 30.3 Å². The van der Waals surface area contributed by atoms with E-state index >= 15 is 0 Å². The van der Waals surface area contributed by atoms with E-state index in [-0.39, 0.29) is 5.56 Å². The summed E-state index contributed by atoms with van der Waals surface area (Å²) in [6.45, 7) is 0.578. The zero-order valence-electron chi connectivity index (χ0n) is 11.5. The monoisotopic (exact) mass is 271 g/mol. The van der Waals surface area contributed by atoms with Crippen LogP contribution >= 0.6 is 0 Å². The molecule has 0 heterocycles. The number of benzene rings is 2. The van der Waals surface area contributed by atoms with Gasteiger partial charge < -0.3 is 14.7 Å². The number of hydrogen-bond acceptors (Lipinski definition) is 3. The molecule has 0 bridgehead atoms. The van der Waals surface area contributed by atoms with E-state index in [9.17, 15) is 4.79 Å². The number of carboxylic acids is 1. The molecule has 2 aromatic rings. The molecule has 0 saturated carbocycles. The highest BCUT2D eigenvalue weighted by Crippen LogP contribution is 2.23. The molecular weight excluding hydrogens is 254 g/mol. The number of nitrogens with zero attached hydrogens (tertiary/aromatic N) is 1. The summed E-state index contributed by atoms with van der Waals surface area (Å²) in [5.41, 5.74) is 2.18. The molecule has 0 atom stereocenters. The van der Waals surface area contributed by atoms with E-state index in [0.717, 1.165) is 11.3 Å². The molecule has 0 fully saturated rings. The third kappa shape index (κ3) is 3.09. The lowest BCUT2D eigenvalue weighted by atomic mass is 10.1. The van der Waals surface area contributed by atoms with Gasteiger partial charge in [0.05, 0.1) is 12.7 Å². The van der Waals surface area contributed by atoms with Crippen LogP contribution in [0.3, 0.4) is 0 Å². The Balaban J connectivity index is 2.27. The first kappa shape index (κ1) is 13.9. The molecule has 0 amide bonds. The summed E-state index contributed by atoms with van der Waals surface area (Å²) < 4.78 is 5.30. The van der Waals surface area contributed by atoms with Crippen LogP contribution in [0.2, 0.25) is 0 Å². The zero-order chi connectivity index (χ0) is 14.5. The predicted octanol–water partition coefficient (Wildman–Crippen LogP) is 3.03. The van der Waals surface area contributed by atoms with Crippen molar-refractivity contribution >= 4 is 11.7 Å². The van der Waals surface area contributed by atoms with Crippen molar-refractivity contribution in [2.45, 2.75) is 6.54 Å². The maximum atomic E-state index is 11.1. The van der Waals surface area contributed by atoms with Gasteiger partial charge in [-0.2, -0.15) is 0 Å². The molecule has 4 heteroatoms. The summed E-state index contributed by atoms with van der Waals surface area (Å²) in [4.78, 5) is 13.1. The molecule has 4 nitrogen and oxygen atoms in total. The molecule has 0 aliphatic carbocycles. The molecule has 104 valence electrons. The minimum Gasteiger partial charge on any atom is -0.496 e. The Bertz CT molecular complexity index is 596. The number of ether oxygens (including phenoxy) is 1. The van der Waals surface area contributed by atoms with Gasteiger partial charge in [-0.25, -0.2) is 4.79 Å². The molecule has 0 saturated heterocycles. The summed E-state index contributed by atoms with van der Waals surface area (Å²) in [7, 11) is 3.55. The molecule has 0 aliphatic rings. The topological polar surface area (TPSA) is 49.8 Å². The van der Waals surface area contributed by atoms with Crippen molar-refractivity contribution in [2.75, 3.05) is 19.1 Å². The van der Waals surface area contributed by atoms with Gasteiger partial charge in [0.25, 0.3) is 0 Å². The van der Waals surface area contributed by atoms with Crippen LogP contribution in [0.4, 0.5) is 5.69 Å². The second-order valence-corrected chi connectivity index (χ2v) is 4.52. The largest absolute Gasteiger partial charge is 0.496 e. The molecule has 0 unspecified atom stereocenters. The zero-order valence-corrected chi connectivity index (χ0v) is 11.5. The number of rotatable bonds is 5. The van der Waals surface area contributed by atoms with Crippen molar-refractivity contribution in [2.24, 2.45) is 0 Å². The Morgan fingerprint density at radius 1 is 1.20 bits per heavy atom. The summed E-state index contributed by atoms with van der Waals surface area (Å²) >= 11 is 0. The Morgan fingerprint density at radius 3 is 2.50 bits per heavy atom. The minimum absolute atomic E-state index is 0.266. The van der Waals surface area contributed by atoms with Crippen LogP contribution in [0.1, 0.15) is 15.9 Å². The van der Waals surface area contributed by atoms with E-state index in [1.807, 2.05) is 42.3 Å². The normalized spacial score (nSPS) is 10.1. The standard InChI is InChI=1S/C16H17NO3/c1-17(14-6-4-3-5-7-14)11-13-10-12(16(18)19)8-9-15(13)20-2/h3-10H,11H2,1-2H3,(H,18,19). The molecular formula is C16H17NO3. The Hall–Kier alpha value is -2.49. The third-order valence-electron chi connectivity index (χ3n) is 3.13. The highest BCUT2D eigenvalue weighted by atomic mass is 16.5. The van der Waals surface area contributed by atoms with Crippen molar-refractivity contribution < 1.29 is 14.6 Å². The number of anilines is 1. The van der Waals surface area contributed by atoms with Crippen LogP contribution in [0, 0.1) is 0 Å². The van der Waals surface area contributed by atoms with Gasteiger partial charge in [0.2, 0.25) is 0 Å². The van der Waals surface area contributed by atoms with Gasteiger partial charge >= 0.3 is 5.97 Å². The highest BCUT2D eigenvalue weighted by molar-refractivity contribution is 5.88. The lowest BCUT2D eigenvalue weighted by molar-refractivity contribution is 0.0696. The van der Waals surface area contributed by atoms with Gasteiger partial charge in [-0.15, -0.1) is 0 Å². The van der Waals surface area contributed by atoms with E-state index in [1.54, 1.807) is 25.3 Å². The summed E-state index contributed by atoms with van der Waals surface area (Å²) in [5.74, 6) is -0.242. The number of para-hydroxylation sites is 1. The fourth-order valence-electron chi connectivity index (χ4n) is 2.06. The second-order valence-electron chi connectivity index (χ2n) is 4.52. The van der Waals surface area contributed by atoms with Gasteiger partial charge in [0.1, 0.15) is 5.75 Å². The van der Waals surface area contributed by atoms with Crippen LogP contribution in [-0.4, -0.2) is 25.2 Å². The van der Waals surface area contributed by atoms with Gasteiger partial charge in [0, 0.05) is 24.8 Å². The van der Waals surface area contributed by atoms with Gasteiger partial charge in [-0.3, -0.25) is 0 Å². The first-order valence-corrected chi connectivity index (χ1v) is 6.28. The maximum absolute atomic E-state index is 11.1. The first-order chi connectivity index (χ1) is 9.61. The fraction of sp³-hybridized carbons (Fsp3) is 0.188. The van der Waals surface area contributed by atoms with E-state index in [1.165, 1.54) is 0 Å². The van der Waals surface area contributed by atoms with E-state index in [4.69, 9.17) is 9.84 Å². The molecule has 0 aliphatic heterocycles. The van der Waals surface area contributed by atoms with Crippen molar-refractivity contribution in [3.05, 3.63) is 59.7 Å². The number of carbonyl (C=O) groups is 1. The Morgan fingerprint density at radius 2 is 1.90 bits per heavy atom. The number of hydrogen-bond donors (Lipinski definition) is 1. The van der Waals surface area contributed by atoms with E-state index < -0.39 is 5.97 Å². The average Bonchev–Trinajstić information content (AvgIpc) is 2.48. The maximum Gasteiger partial charge on any atom is 0.335 e. The Labute approximate surface area is 118 Å². The van der Waals surface area contributed by atoms with Crippen LogP contribution in [0.25, 0.3) is 0 Å². The van der Waals surface area contributed by atoms with Crippen LogP contribution in [0.15, 0.2) is 48.5 Å². The quantitative estimate of drug-likeness (QED) is 0.908. The Kier molecular flexibility index (Phi) is 4.25. The average molecular weight is 271 g/mol. The summed E-state index contributed by atoms with van der Waals surface area (Å²) in [6, 6.07) is 14.8. The van der Waals surface area contributed by atoms with Crippen molar-refractivity contribution in [3.63, 3.8) is 0 Å². The smallest absolute Gasteiger partial charge is 0.335 e. The number of carboxylic acid groups (broad SMARTS) is 1. The number of methoxy groups -OCH3 is 1. The molecule has 20 heavy (non-hydrogen) atoms. The van der Waals surface area contributed by atoms with Gasteiger partial charge in [0.15, 0.2) is 0 Å². The van der Waals surface area contributed by atoms with E-state index in [2.05, 4.69) is 0 Å². The molecule has 2 rings (SSSR count). The minimum atomic E-state index is -0.934. The first-order valence-electron chi connectivity index (χ1n) is 6.28. The van der Waals surface area contributed by atoms with Gasteiger partial charge in [-0.1, -0.05) is 18.2 Å². The van der Waals surface area contributed by atoms with Crippen molar-refractivity contribution in [1.29, 1.82) is 0 Å². The second kappa shape index (κ2) is 6.10. The van der Waals surface area contributed by atoms with E-state index in [0.29, 0.717) is 12.3 Å². The third-order valence-corrected chi connectivity index (χ3v) is 3.13. The lowest BCUT2D eigenvalue weighted by Crippen LogP contribution is -2.17. The number of aromatic carboxylic acids is 1. The highest BCUT2D eigenvalue weighted by Gasteiger charge is 2.11. The van der Waals surface area contributed by atoms with Crippen molar-refractivity contribution in [3.8, 4) is 5.75 Å². The summed E-state index contributed by atoms with van der Waals surface area (Å²) in [6.07, 6.45) is 0. The molecule has 1 N–H and O–H groups in total. The molecule has 0 spiro atoms. The summed E-state index contributed by atoms with van der Waals surface area (Å²) in [5, 5.41) is 9.07. The van der Waals surface area contributed by atoms with Crippen LogP contribution < -0.4 is 9.64 Å². The molecule has 2 aromatic carbocycles. The molecule has 0 radical (unpaired) electrons. The molecule has 0 aromatic heterocycles. The lowest BCUT2D eigenvalue weighted by Gasteiger charge is -2.21. The van der Waals surface area contributed by atoms with Crippen LogP contribution in [0.5, 0.6) is 5.75 Å². The van der Waals surface area contributed by atoms with Crippen molar-refractivity contribution in [1.82, 2.24) is 0 Å². The van der Waals surface area contributed by atoms with Crippen LogP contribution in [-0.2, 0) is 6.54 Å².